The van der Waals surface area contributed by atoms with Gasteiger partial charge in [0.15, 0.2) is 5.82 Å². The third kappa shape index (κ3) is 2.15. The number of anilines is 1. The summed E-state index contributed by atoms with van der Waals surface area (Å²) in [5, 5.41) is 1.86. The van der Waals surface area contributed by atoms with Gasteiger partial charge in [-0.15, -0.1) is 0 Å². The molecule has 1 aliphatic heterocycles. The molecule has 1 aromatic heterocycles. The molecule has 13 heavy (non-hydrogen) atoms. The number of nitrogens with zero attached hydrogens (tertiary/aromatic N) is 3. The second kappa shape index (κ2) is 4.18. The van der Waals surface area contributed by atoms with Gasteiger partial charge in [0.25, 0.3) is 0 Å². The second-order valence-electron chi connectivity index (χ2n) is 3.06. The van der Waals surface area contributed by atoms with Gasteiger partial charge in [-0.05, 0) is 19.3 Å². The van der Waals surface area contributed by atoms with E-state index in [1.54, 1.807) is 12.5 Å². The molecule has 0 bridgehead atoms. The fraction of sp³-hybridized carbons (Fsp3) is 0.556. The number of rotatable bonds is 1. The Morgan fingerprint density at radius 3 is 3.15 bits per heavy atom. The van der Waals surface area contributed by atoms with Crippen LogP contribution in [0.3, 0.4) is 0 Å². The number of hydroxylamine groups is 1. The van der Waals surface area contributed by atoms with Gasteiger partial charge in [0, 0.05) is 18.8 Å². The molecule has 0 spiro atoms. The van der Waals surface area contributed by atoms with Crippen LogP contribution < -0.4 is 5.06 Å². The lowest BCUT2D eigenvalue weighted by Gasteiger charge is -2.19. The summed E-state index contributed by atoms with van der Waals surface area (Å²) in [6.07, 6.45) is 6.83. The van der Waals surface area contributed by atoms with Crippen LogP contribution in [-0.2, 0) is 4.84 Å². The largest absolute Gasteiger partial charge is 0.272 e. The molecule has 70 valence electrons. The molecule has 0 N–H and O–H groups in total. The van der Waals surface area contributed by atoms with Crippen molar-refractivity contribution in [1.82, 2.24) is 9.97 Å². The fourth-order valence-electron chi connectivity index (χ4n) is 1.39. The van der Waals surface area contributed by atoms with Crippen LogP contribution >= 0.6 is 0 Å². The van der Waals surface area contributed by atoms with E-state index in [1.165, 1.54) is 12.8 Å². The quantitative estimate of drug-likeness (QED) is 0.653. The van der Waals surface area contributed by atoms with Crippen molar-refractivity contribution in [3.8, 4) is 0 Å². The van der Waals surface area contributed by atoms with Crippen molar-refractivity contribution >= 4 is 5.82 Å². The molecule has 0 radical (unpaired) electrons. The third-order valence-electron chi connectivity index (χ3n) is 2.07. The van der Waals surface area contributed by atoms with Gasteiger partial charge in [0.05, 0.1) is 6.61 Å². The van der Waals surface area contributed by atoms with Gasteiger partial charge in [-0.25, -0.2) is 15.0 Å². The van der Waals surface area contributed by atoms with Crippen LogP contribution in [0.4, 0.5) is 5.82 Å². The Morgan fingerprint density at radius 1 is 1.31 bits per heavy atom. The van der Waals surface area contributed by atoms with Gasteiger partial charge in [0.1, 0.15) is 6.33 Å². The molecule has 0 aliphatic carbocycles. The molecule has 0 amide bonds. The average molecular weight is 179 g/mol. The molecule has 1 aliphatic rings. The van der Waals surface area contributed by atoms with Crippen molar-refractivity contribution in [2.45, 2.75) is 19.3 Å². The van der Waals surface area contributed by atoms with Crippen LogP contribution in [0.5, 0.6) is 0 Å². The zero-order valence-corrected chi connectivity index (χ0v) is 7.52. The van der Waals surface area contributed by atoms with E-state index in [9.17, 15) is 0 Å². The standard InChI is InChI=1S/C9H13N3O/c1-2-6-12(13-7-3-1)9-4-5-10-8-11-9/h4-5,8H,1-3,6-7H2. The molecular weight excluding hydrogens is 166 g/mol. The van der Waals surface area contributed by atoms with Crippen molar-refractivity contribution in [3.05, 3.63) is 18.6 Å². The Morgan fingerprint density at radius 2 is 2.31 bits per heavy atom. The van der Waals surface area contributed by atoms with E-state index >= 15 is 0 Å². The van der Waals surface area contributed by atoms with Crippen LogP contribution in [0.25, 0.3) is 0 Å². The van der Waals surface area contributed by atoms with Crippen LogP contribution in [0.15, 0.2) is 18.6 Å². The van der Waals surface area contributed by atoms with Crippen molar-refractivity contribution in [1.29, 1.82) is 0 Å². The number of hydrogen-bond acceptors (Lipinski definition) is 4. The molecule has 0 saturated carbocycles. The van der Waals surface area contributed by atoms with E-state index < -0.39 is 0 Å². The summed E-state index contributed by atoms with van der Waals surface area (Å²) in [6, 6.07) is 1.87. The van der Waals surface area contributed by atoms with Gasteiger partial charge < -0.3 is 0 Å². The first-order valence-corrected chi connectivity index (χ1v) is 4.63. The molecule has 2 rings (SSSR count). The minimum Gasteiger partial charge on any atom is -0.272 e. The predicted molar refractivity (Wildman–Crippen MR) is 49.2 cm³/mol. The van der Waals surface area contributed by atoms with Crippen LogP contribution in [0.1, 0.15) is 19.3 Å². The Kier molecular flexibility index (Phi) is 2.72. The maximum absolute atomic E-state index is 5.53. The van der Waals surface area contributed by atoms with Gasteiger partial charge in [-0.2, -0.15) is 0 Å². The summed E-state index contributed by atoms with van der Waals surface area (Å²) >= 11 is 0. The lowest BCUT2D eigenvalue weighted by molar-refractivity contribution is 0.117. The van der Waals surface area contributed by atoms with Crippen LogP contribution in [-0.4, -0.2) is 23.1 Å². The molecule has 1 saturated heterocycles. The Hall–Kier alpha value is -1.16. The van der Waals surface area contributed by atoms with E-state index in [4.69, 9.17) is 4.84 Å². The summed E-state index contributed by atoms with van der Waals surface area (Å²) in [7, 11) is 0. The molecule has 2 heterocycles. The van der Waals surface area contributed by atoms with E-state index in [1.807, 2.05) is 11.1 Å². The minimum absolute atomic E-state index is 0.796. The zero-order valence-electron chi connectivity index (χ0n) is 7.52. The Balaban J connectivity index is 2.06. The normalized spacial score (nSPS) is 18.3. The third-order valence-corrected chi connectivity index (χ3v) is 2.07. The number of hydrogen-bond donors (Lipinski definition) is 0. The smallest absolute Gasteiger partial charge is 0.155 e. The van der Waals surface area contributed by atoms with E-state index in [0.717, 1.165) is 25.4 Å². The zero-order chi connectivity index (χ0) is 8.93. The van der Waals surface area contributed by atoms with Crippen LogP contribution in [0, 0.1) is 0 Å². The van der Waals surface area contributed by atoms with Crippen molar-refractivity contribution in [2.75, 3.05) is 18.2 Å². The van der Waals surface area contributed by atoms with E-state index in [0.29, 0.717) is 0 Å². The van der Waals surface area contributed by atoms with Gasteiger partial charge in [0.2, 0.25) is 0 Å². The summed E-state index contributed by atoms with van der Waals surface area (Å²) in [5.74, 6) is 0.858. The molecule has 0 aromatic carbocycles. The maximum Gasteiger partial charge on any atom is 0.155 e. The first kappa shape index (κ1) is 8.44. The summed E-state index contributed by atoms with van der Waals surface area (Å²) in [6.45, 7) is 1.72. The fourth-order valence-corrected chi connectivity index (χ4v) is 1.39. The van der Waals surface area contributed by atoms with Crippen LogP contribution in [0.2, 0.25) is 0 Å². The first-order valence-electron chi connectivity index (χ1n) is 4.63. The monoisotopic (exact) mass is 179 g/mol. The first-order chi connectivity index (χ1) is 6.47. The summed E-state index contributed by atoms with van der Waals surface area (Å²) in [4.78, 5) is 13.5. The summed E-state index contributed by atoms with van der Waals surface area (Å²) in [5.41, 5.74) is 0. The molecule has 1 fully saturated rings. The topological polar surface area (TPSA) is 38.2 Å². The minimum atomic E-state index is 0.796. The Labute approximate surface area is 77.5 Å². The second-order valence-corrected chi connectivity index (χ2v) is 3.06. The van der Waals surface area contributed by atoms with Gasteiger partial charge >= 0.3 is 0 Å². The average Bonchev–Trinajstić information content (AvgIpc) is 2.47. The highest BCUT2D eigenvalue weighted by Gasteiger charge is 2.10. The molecular formula is C9H13N3O. The van der Waals surface area contributed by atoms with E-state index in [-0.39, 0.29) is 0 Å². The molecule has 4 nitrogen and oxygen atoms in total. The van der Waals surface area contributed by atoms with Crippen molar-refractivity contribution in [3.63, 3.8) is 0 Å². The lowest BCUT2D eigenvalue weighted by Crippen LogP contribution is -2.24. The molecule has 0 atom stereocenters. The lowest BCUT2D eigenvalue weighted by atomic mass is 10.2. The molecule has 1 aromatic rings. The molecule has 0 unspecified atom stereocenters. The highest BCUT2D eigenvalue weighted by Crippen LogP contribution is 2.14. The SMILES string of the molecule is c1cc(N2CCCCCO2)ncn1. The predicted octanol–water partition coefficient (Wildman–Crippen LogP) is 1.40. The summed E-state index contributed by atoms with van der Waals surface area (Å²) < 4.78 is 0. The van der Waals surface area contributed by atoms with Gasteiger partial charge in [-0.1, -0.05) is 0 Å². The van der Waals surface area contributed by atoms with Gasteiger partial charge in [-0.3, -0.25) is 4.84 Å². The molecule has 4 heteroatoms. The van der Waals surface area contributed by atoms with Crippen molar-refractivity contribution in [2.24, 2.45) is 0 Å². The van der Waals surface area contributed by atoms with Crippen molar-refractivity contribution < 1.29 is 4.84 Å². The highest BCUT2D eigenvalue weighted by molar-refractivity contribution is 5.32. The van der Waals surface area contributed by atoms with E-state index in [2.05, 4.69) is 9.97 Å². The number of aromatic nitrogens is 2. The highest BCUT2D eigenvalue weighted by atomic mass is 16.7. The Bertz CT molecular complexity index is 244. The maximum atomic E-state index is 5.53.